The van der Waals surface area contributed by atoms with Crippen molar-refractivity contribution in [1.82, 2.24) is 0 Å². The molecule has 0 fully saturated rings. The van der Waals surface area contributed by atoms with Gasteiger partial charge in [-0.05, 0) is 31.6 Å². The molecule has 28 heavy (non-hydrogen) atoms. The van der Waals surface area contributed by atoms with Gasteiger partial charge in [-0.3, -0.25) is 0 Å². The standard InChI is InChI=1S/C22H37Cl3O2Si/c1-4-5-6-7-8-9-10-11-12-13-14-15-16-26-28(2,3)27-19-17-20(23)22(25)21(24)18-19/h17-18H,4-16H2,1-3H3. The van der Waals surface area contributed by atoms with Crippen molar-refractivity contribution in [3.8, 4) is 5.75 Å². The summed E-state index contributed by atoms with van der Waals surface area (Å²) in [5, 5.41) is 1.15. The van der Waals surface area contributed by atoms with Gasteiger partial charge in [-0.25, -0.2) is 0 Å². The zero-order valence-electron chi connectivity index (χ0n) is 17.8. The number of hydrogen-bond donors (Lipinski definition) is 0. The highest BCUT2D eigenvalue weighted by Crippen LogP contribution is 2.35. The highest BCUT2D eigenvalue weighted by molar-refractivity contribution is 6.65. The van der Waals surface area contributed by atoms with E-state index in [0.29, 0.717) is 20.8 Å². The van der Waals surface area contributed by atoms with Crippen molar-refractivity contribution in [2.75, 3.05) is 6.61 Å². The molecule has 0 aliphatic rings. The van der Waals surface area contributed by atoms with Crippen LogP contribution in [0.1, 0.15) is 84.0 Å². The van der Waals surface area contributed by atoms with E-state index in [1.165, 1.54) is 70.6 Å². The van der Waals surface area contributed by atoms with Crippen LogP contribution < -0.4 is 4.43 Å². The molecule has 162 valence electrons. The quantitative estimate of drug-likeness (QED) is 0.137. The normalized spacial score (nSPS) is 11.8. The molecule has 0 aromatic heterocycles. The van der Waals surface area contributed by atoms with E-state index in [1.54, 1.807) is 12.1 Å². The number of halogens is 3. The highest BCUT2D eigenvalue weighted by atomic mass is 35.5. The molecular formula is C22H37Cl3O2Si. The molecule has 1 rings (SSSR count). The van der Waals surface area contributed by atoms with E-state index in [1.807, 2.05) is 13.1 Å². The Hall–Kier alpha value is 0.0669. The summed E-state index contributed by atoms with van der Waals surface area (Å²) in [5.74, 6) is 0.616. The van der Waals surface area contributed by atoms with Gasteiger partial charge in [-0.15, -0.1) is 0 Å². The molecule has 0 bridgehead atoms. The van der Waals surface area contributed by atoms with Crippen LogP contribution in [0.4, 0.5) is 0 Å². The second kappa shape index (κ2) is 15.0. The molecule has 0 heterocycles. The van der Waals surface area contributed by atoms with Crippen LogP contribution in [-0.2, 0) is 4.43 Å². The first-order chi connectivity index (χ1) is 13.4. The molecule has 0 saturated carbocycles. The second-order valence-corrected chi connectivity index (χ2v) is 12.4. The Kier molecular flexibility index (Phi) is 13.9. The Morgan fingerprint density at radius 2 is 1.14 bits per heavy atom. The van der Waals surface area contributed by atoms with Crippen LogP contribution in [0, 0.1) is 0 Å². The first-order valence-corrected chi connectivity index (χ1v) is 14.8. The molecule has 0 unspecified atom stereocenters. The predicted molar refractivity (Wildman–Crippen MR) is 127 cm³/mol. The zero-order valence-corrected chi connectivity index (χ0v) is 21.1. The Morgan fingerprint density at radius 3 is 1.61 bits per heavy atom. The van der Waals surface area contributed by atoms with E-state index < -0.39 is 8.56 Å². The maximum atomic E-state index is 6.06. The van der Waals surface area contributed by atoms with E-state index >= 15 is 0 Å². The minimum Gasteiger partial charge on any atom is -0.520 e. The van der Waals surface area contributed by atoms with E-state index in [-0.39, 0.29) is 0 Å². The number of hydrogen-bond acceptors (Lipinski definition) is 2. The van der Waals surface area contributed by atoms with Gasteiger partial charge in [0.15, 0.2) is 0 Å². The summed E-state index contributed by atoms with van der Waals surface area (Å²) < 4.78 is 12.0. The van der Waals surface area contributed by atoms with Crippen LogP contribution in [-0.4, -0.2) is 15.2 Å². The molecule has 0 saturated heterocycles. The minimum absolute atomic E-state index is 0.354. The van der Waals surface area contributed by atoms with Crippen molar-refractivity contribution >= 4 is 43.4 Å². The zero-order chi connectivity index (χ0) is 20.8. The molecule has 0 atom stereocenters. The Morgan fingerprint density at radius 1 is 0.714 bits per heavy atom. The van der Waals surface area contributed by atoms with Crippen molar-refractivity contribution in [3.05, 3.63) is 27.2 Å². The first kappa shape index (κ1) is 26.1. The summed E-state index contributed by atoms with van der Waals surface area (Å²) in [6.07, 6.45) is 16.1. The lowest BCUT2D eigenvalue weighted by Crippen LogP contribution is -2.38. The molecule has 0 aliphatic carbocycles. The molecule has 0 amide bonds. The van der Waals surface area contributed by atoms with Crippen LogP contribution in [0.25, 0.3) is 0 Å². The lowest BCUT2D eigenvalue weighted by molar-refractivity contribution is 0.240. The number of benzene rings is 1. The van der Waals surface area contributed by atoms with Crippen LogP contribution in [0.3, 0.4) is 0 Å². The fourth-order valence-corrected chi connectivity index (χ4v) is 5.12. The van der Waals surface area contributed by atoms with Crippen molar-refractivity contribution in [1.29, 1.82) is 0 Å². The predicted octanol–water partition coefficient (Wildman–Crippen LogP) is 9.45. The van der Waals surface area contributed by atoms with Crippen molar-refractivity contribution < 1.29 is 8.85 Å². The van der Waals surface area contributed by atoms with Gasteiger partial charge in [0.1, 0.15) is 5.75 Å². The largest absolute Gasteiger partial charge is 0.520 e. The van der Waals surface area contributed by atoms with E-state index in [2.05, 4.69) is 6.92 Å². The molecule has 0 N–H and O–H groups in total. The van der Waals surface area contributed by atoms with Crippen molar-refractivity contribution in [2.24, 2.45) is 0 Å². The molecule has 0 aliphatic heterocycles. The highest BCUT2D eigenvalue weighted by Gasteiger charge is 2.27. The number of rotatable bonds is 16. The molecule has 1 aromatic rings. The Bertz CT molecular complexity index is 530. The third kappa shape index (κ3) is 11.9. The lowest BCUT2D eigenvalue weighted by atomic mass is 10.1. The van der Waals surface area contributed by atoms with Gasteiger partial charge < -0.3 is 8.85 Å². The SMILES string of the molecule is CCCCCCCCCCCCCCO[Si](C)(C)Oc1cc(Cl)c(Cl)c(Cl)c1. The van der Waals surface area contributed by atoms with Gasteiger partial charge in [0.2, 0.25) is 0 Å². The van der Waals surface area contributed by atoms with Gasteiger partial charge in [0.05, 0.1) is 15.1 Å². The van der Waals surface area contributed by atoms with Crippen LogP contribution in [0.5, 0.6) is 5.75 Å². The van der Waals surface area contributed by atoms with Gasteiger partial charge in [-0.1, -0.05) is 112 Å². The van der Waals surface area contributed by atoms with Gasteiger partial charge >= 0.3 is 8.56 Å². The summed E-state index contributed by atoms with van der Waals surface area (Å²) in [4.78, 5) is 0. The van der Waals surface area contributed by atoms with Gasteiger partial charge in [0.25, 0.3) is 0 Å². The molecule has 6 heteroatoms. The maximum absolute atomic E-state index is 6.06. The van der Waals surface area contributed by atoms with Gasteiger partial charge in [-0.2, -0.15) is 0 Å². The van der Waals surface area contributed by atoms with Crippen molar-refractivity contribution in [2.45, 2.75) is 97.1 Å². The summed E-state index contributed by atoms with van der Waals surface area (Å²) >= 11 is 18.1. The number of unbranched alkanes of at least 4 members (excludes halogenated alkanes) is 11. The van der Waals surface area contributed by atoms with E-state index in [4.69, 9.17) is 43.7 Å². The van der Waals surface area contributed by atoms with Crippen LogP contribution in [0.15, 0.2) is 12.1 Å². The first-order valence-electron chi connectivity index (χ1n) is 10.8. The minimum atomic E-state index is -2.27. The van der Waals surface area contributed by atoms with E-state index in [0.717, 1.165) is 13.0 Å². The summed E-state index contributed by atoms with van der Waals surface area (Å²) in [6.45, 7) is 7.08. The van der Waals surface area contributed by atoms with Gasteiger partial charge in [0, 0.05) is 6.61 Å². The Balaban J connectivity index is 2.06. The lowest BCUT2D eigenvalue weighted by Gasteiger charge is -2.24. The topological polar surface area (TPSA) is 18.5 Å². The van der Waals surface area contributed by atoms with Crippen LogP contribution >= 0.6 is 34.8 Å². The average molecular weight is 468 g/mol. The van der Waals surface area contributed by atoms with Crippen LogP contribution in [0.2, 0.25) is 28.2 Å². The molecule has 0 spiro atoms. The van der Waals surface area contributed by atoms with Crippen molar-refractivity contribution in [3.63, 3.8) is 0 Å². The molecule has 2 nitrogen and oxygen atoms in total. The van der Waals surface area contributed by atoms with E-state index in [9.17, 15) is 0 Å². The fourth-order valence-electron chi connectivity index (χ4n) is 3.17. The average Bonchev–Trinajstić information content (AvgIpc) is 2.63. The third-order valence-corrected chi connectivity index (χ3v) is 7.59. The summed E-state index contributed by atoms with van der Waals surface area (Å²) in [7, 11) is -2.27. The molecular weight excluding hydrogens is 431 g/mol. The Labute approximate surface area is 188 Å². The molecule has 0 radical (unpaired) electrons. The summed E-state index contributed by atoms with van der Waals surface area (Å²) in [5.41, 5.74) is 0. The maximum Gasteiger partial charge on any atom is 0.392 e. The smallest absolute Gasteiger partial charge is 0.392 e. The fraction of sp³-hybridized carbons (Fsp3) is 0.727. The second-order valence-electron chi connectivity index (χ2n) is 7.94. The monoisotopic (exact) mass is 466 g/mol. The third-order valence-electron chi connectivity index (χ3n) is 4.77. The summed E-state index contributed by atoms with van der Waals surface area (Å²) in [6, 6.07) is 3.38. The molecule has 1 aromatic carbocycles.